The SMILES string of the molecule is Cc1ccc(CCNC(=O)C(C)(C)C#N)c(C)c1. The molecule has 0 spiro atoms. The van der Waals surface area contributed by atoms with Gasteiger partial charge in [-0.3, -0.25) is 4.79 Å². The third-order valence-corrected chi connectivity index (χ3v) is 3.03. The van der Waals surface area contributed by atoms with Crippen molar-refractivity contribution in [3.8, 4) is 6.07 Å². The van der Waals surface area contributed by atoms with E-state index < -0.39 is 5.41 Å². The van der Waals surface area contributed by atoms with Crippen molar-refractivity contribution in [3.05, 3.63) is 34.9 Å². The van der Waals surface area contributed by atoms with Crippen LogP contribution in [0.2, 0.25) is 0 Å². The van der Waals surface area contributed by atoms with Gasteiger partial charge < -0.3 is 5.32 Å². The fourth-order valence-corrected chi connectivity index (χ4v) is 1.71. The Hall–Kier alpha value is -1.82. The molecular weight excluding hydrogens is 224 g/mol. The molecule has 0 atom stereocenters. The largest absolute Gasteiger partial charge is 0.354 e. The third kappa shape index (κ3) is 3.59. The van der Waals surface area contributed by atoms with Crippen molar-refractivity contribution >= 4 is 5.91 Å². The number of carbonyl (C=O) groups is 1. The van der Waals surface area contributed by atoms with E-state index in [0.717, 1.165) is 6.42 Å². The summed E-state index contributed by atoms with van der Waals surface area (Å²) in [6.07, 6.45) is 0.791. The van der Waals surface area contributed by atoms with Gasteiger partial charge in [-0.05, 0) is 45.2 Å². The van der Waals surface area contributed by atoms with Crippen LogP contribution in [0.1, 0.15) is 30.5 Å². The minimum Gasteiger partial charge on any atom is -0.354 e. The highest BCUT2D eigenvalue weighted by Gasteiger charge is 2.26. The molecule has 18 heavy (non-hydrogen) atoms. The molecule has 1 rings (SSSR count). The van der Waals surface area contributed by atoms with Gasteiger partial charge in [0.25, 0.3) is 0 Å². The van der Waals surface area contributed by atoms with Crippen molar-refractivity contribution in [1.82, 2.24) is 5.32 Å². The Morgan fingerprint density at radius 3 is 2.61 bits per heavy atom. The summed E-state index contributed by atoms with van der Waals surface area (Å²) in [7, 11) is 0. The maximum atomic E-state index is 11.7. The molecule has 1 aromatic carbocycles. The zero-order valence-electron chi connectivity index (χ0n) is 11.5. The highest BCUT2D eigenvalue weighted by molar-refractivity contribution is 5.84. The summed E-state index contributed by atoms with van der Waals surface area (Å²) in [5.74, 6) is -0.213. The highest BCUT2D eigenvalue weighted by Crippen LogP contribution is 2.13. The molecule has 3 heteroatoms. The van der Waals surface area contributed by atoms with Crippen molar-refractivity contribution in [1.29, 1.82) is 5.26 Å². The van der Waals surface area contributed by atoms with Gasteiger partial charge in [0.15, 0.2) is 0 Å². The number of carbonyl (C=O) groups excluding carboxylic acids is 1. The molecule has 0 saturated carbocycles. The Morgan fingerprint density at radius 2 is 2.06 bits per heavy atom. The number of nitrogens with one attached hydrogen (secondary N) is 1. The van der Waals surface area contributed by atoms with Crippen LogP contribution in [0.25, 0.3) is 0 Å². The molecule has 0 unspecified atom stereocenters. The summed E-state index contributed by atoms with van der Waals surface area (Å²) in [5, 5.41) is 11.6. The fourth-order valence-electron chi connectivity index (χ4n) is 1.71. The first-order valence-electron chi connectivity index (χ1n) is 6.12. The van der Waals surface area contributed by atoms with Crippen molar-refractivity contribution in [3.63, 3.8) is 0 Å². The summed E-state index contributed by atoms with van der Waals surface area (Å²) in [6, 6.07) is 8.29. The Labute approximate surface area is 109 Å². The number of benzene rings is 1. The molecule has 1 N–H and O–H groups in total. The molecule has 0 aliphatic heterocycles. The second-order valence-electron chi connectivity index (χ2n) is 5.17. The standard InChI is InChI=1S/C15H20N2O/c1-11-5-6-13(12(2)9-11)7-8-17-14(18)15(3,4)10-16/h5-6,9H,7-8H2,1-4H3,(H,17,18). The van der Waals surface area contributed by atoms with Crippen molar-refractivity contribution in [2.24, 2.45) is 5.41 Å². The summed E-state index contributed by atoms with van der Waals surface area (Å²) < 4.78 is 0. The summed E-state index contributed by atoms with van der Waals surface area (Å²) in [6.45, 7) is 7.95. The molecule has 3 nitrogen and oxygen atoms in total. The number of nitriles is 1. The molecule has 0 heterocycles. The van der Waals surface area contributed by atoms with Gasteiger partial charge >= 0.3 is 0 Å². The van der Waals surface area contributed by atoms with Crippen LogP contribution < -0.4 is 5.32 Å². The normalized spacial score (nSPS) is 10.8. The van der Waals surface area contributed by atoms with Crippen LogP contribution >= 0.6 is 0 Å². The van der Waals surface area contributed by atoms with Crippen LogP contribution in [-0.4, -0.2) is 12.5 Å². The Bertz CT molecular complexity index is 484. The lowest BCUT2D eigenvalue weighted by Crippen LogP contribution is -2.37. The quantitative estimate of drug-likeness (QED) is 0.884. The van der Waals surface area contributed by atoms with Gasteiger partial charge in [-0.2, -0.15) is 5.26 Å². The maximum absolute atomic E-state index is 11.7. The molecular formula is C15H20N2O. The molecule has 0 aliphatic rings. The number of aryl methyl sites for hydroxylation is 2. The smallest absolute Gasteiger partial charge is 0.239 e. The average Bonchev–Trinajstić information content (AvgIpc) is 2.31. The van der Waals surface area contributed by atoms with Crippen LogP contribution in [0.3, 0.4) is 0 Å². The lowest BCUT2D eigenvalue weighted by atomic mass is 9.94. The molecule has 1 aromatic rings. The molecule has 0 radical (unpaired) electrons. The summed E-state index contributed by atoms with van der Waals surface area (Å²) in [5.41, 5.74) is 2.76. The van der Waals surface area contributed by atoms with Crippen molar-refractivity contribution in [2.75, 3.05) is 6.54 Å². The second-order valence-corrected chi connectivity index (χ2v) is 5.17. The van der Waals surface area contributed by atoms with Gasteiger partial charge in [0.05, 0.1) is 6.07 Å². The van der Waals surface area contributed by atoms with Crippen LogP contribution in [0.15, 0.2) is 18.2 Å². The van der Waals surface area contributed by atoms with Gasteiger partial charge in [0.1, 0.15) is 5.41 Å². The second kappa shape index (κ2) is 5.68. The number of nitrogens with zero attached hydrogens (tertiary/aromatic N) is 1. The van der Waals surface area contributed by atoms with E-state index in [9.17, 15) is 4.79 Å². The van der Waals surface area contributed by atoms with Crippen LogP contribution in [0, 0.1) is 30.6 Å². The minimum absolute atomic E-state index is 0.213. The highest BCUT2D eigenvalue weighted by atomic mass is 16.2. The molecule has 96 valence electrons. The minimum atomic E-state index is -0.956. The number of amides is 1. The lowest BCUT2D eigenvalue weighted by Gasteiger charge is -2.15. The first-order valence-corrected chi connectivity index (χ1v) is 6.12. The van der Waals surface area contributed by atoms with Crippen LogP contribution in [0.5, 0.6) is 0 Å². The topological polar surface area (TPSA) is 52.9 Å². The van der Waals surface area contributed by atoms with E-state index >= 15 is 0 Å². The Kier molecular flexibility index (Phi) is 4.49. The zero-order valence-corrected chi connectivity index (χ0v) is 11.5. The molecule has 0 aromatic heterocycles. The van der Waals surface area contributed by atoms with Crippen molar-refractivity contribution in [2.45, 2.75) is 34.1 Å². The predicted molar refractivity (Wildman–Crippen MR) is 72.0 cm³/mol. The molecule has 0 aliphatic carbocycles. The number of hydrogen-bond acceptors (Lipinski definition) is 2. The third-order valence-electron chi connectivity index (χ3n) is 3.03. The first-order chi connectivity index (χ1) is 8.36. The Morgan fingerprint density at radius 1 is 1.39 bits per heavy atom. The van der Waals surface area contributed by atoms with E-state index in [0.29, 0.717) is 6.54 Å². The lowest BCUT2D eigenvalue weighted by molar-refractivity contribution is -0.126. The zero-order chi connectivity index (χ0) is 13.8. The van der Waals surface area contributed by atoms with E-state index in [4.69, 9.17) is 5.26 Å². The maximum Gasteiger partial charge on any atom is 0.239 e. The van der Waals surface area contributed by atoms with Gasteiger partial charge in [-0.25, -0.2) is 0 Å². The van der Waals surface area contributed by atoms with Crippen LogP contribution in [-0.2, 0) is 11.2 Å². The van der Waals surface area contributed by atoms with E-state index in [2.05, 4.69) is 37.4 Å². The first kappa shape index (κ1) is 14.2. The fraction of sp³-hybridized carbons (Fsp3) is 0.467. The monoisotopic (exact) mass is 244 g/mol. The van der Waals surface area contributed by atoms with Gasteiger partial charge in [-0.1, -0.05) is 23.8 Å². The average molecular weight is 244 g/mol. The van der Waals surface area contributed by atoms with E-state index in [-0.39, 0.29) is 5.91 Å². The molecule has 1 amide bonds. The number of rotatable bonds is 4. The molecule has 0 saturated heterocycles. The molecule has 0 fully saturated rings. The Balaban J connectivity index is 2.53. The van der Waals surface area contributed by atoms with Crippen LogP contribution in [0.4, 0.5) is 0 Å². The number of hydrogen-bond donors (Lipinski definition) is 1. The van der Waals surface area contributed by atoms with Gasteiger partial charge in [-0.15, -0.1) is 0 Å². The van der Waals surface area contributed by atoms with E-state index in [1.165, 1.54) is 16.7 Å². The predicted octanol–water partition coefficient (Wildman–Crippen LogP) is 2.51. The van der Waals surface area contributed by atoms with E-state index in [1.54, 1.807) is 13.8 Å². The molecule has 0 bridgehead atoms. The summed E-state index contributed by atoms with van der Waals surface area (Å²) in [4.78, 5) is 11.7. The van der Waals surface area contributed by atoms with E-state index in [1.807, 2.05) is 6.07 Å². The summed E-state index contributed by atoms with van der Waals surface area (Å²) >= 11 is 0. The van der Waals surface area contributed by atoms with Gasteiger partial charge in [0.2, 0.25) is 5.91 Å². The van der Waals surface area contributed by atoms with Gasteiger partial charge in [0, 0.05) is 6.54 Å². The van der Waals surface area contributed by atoms with Crippen molar-refractivity contribution < 1.29 is 4.79 Å².